The van der Waals surface area contributed by atoms with Crippen LogP contribution >= 0.6 is 63.9 Å². The van der Waals surface area contributed by atoms with E-state index in [2.05, 4.69) is 15.9 Å². The molecule has 0 aliphatic rings. The van der Waals surface area contributed by atoms with Crippen LogP contribution in [-0.4, -0.2) is 11.1 Å². The minimum atomic E-state index is -0.938. The highest BCUT2D eigenvalue weighted by Crippen LogP contribution is 1.79. The average molecular weight is 407 g/mol. The molecule has 50 valence electrons. The number of halogens is 3. The molecule has 0 saturated heterocycles. The molecule has 0 atom stereocenters. The van der Waals surface area contributed by atoms with Crippen molar-refractivity contribution in [1.29, 1.82) is 0 Å². The van der Waals surface area contributed by atoms with Crippen LogP contribution in [-0.2, 0) is 4.79 Å². The summed E-state index contributed by atoms with van der Waals surface area (Å²) in [6.45, 7) is 0. The molecule has 0 radical (unpaired) electrons. The van der Waals surface area contributed by atoms with E-state index in [1.165, 1.54) is 4.99 Å². The Balaban J connectivity index is -0.000000125. The molecule has 0 aliphatic heterocycles. The normalized spacial score (nSPS) is 7.12. The third kappa shape index (κ3) is 15.7. The second-order valence-electron chi connectivity index (χ2n) is 0.631. The van der Waals surface area contributed by atoms with Gasteiger partial charge in [0.05, 0.1) is 0 Å². The number of aliphatic carboxylic acids is 1. The van der Waals surface area contributed by atoms with Gasteiger partial charge in [-0.3, -0.25) is 0 Å². The monoisotopic (exact) mass is 406 g/mol. The van der Waals surface area contributed by atoms with Gasteiger partial charge in [-0.25, -0.2) is 4.79 Å². The van der Waals surface area contributed by atoms with Crippen LogP contribution in [0.5, 0.6) is 0 Å². The fraction of sp³-hybridized carbons (Fsp3) is 0. The van der Waals surface area contributed by atoms with Gasteiger partial charge in [0.1, 0.15) is 0 Å². The van der Waals surface area contributed by atoms with Crippen LogP contribution in [0.3, 0.4) is 0 Å². The Kier molecular flexibility index (Phi) is 22.1. The summed E-state index contributed by atoms with van der Waals surface area (Å²) in [5, 5.41) is 7.80. The largest absolute Gasteiger partial charge is 0.478 e. The second-order valence-corrected chi connectivity index (χ2v) is 1.16. The molecular weight excluding hydrogens is 402 g/mol. The van der Waals surface area contributed by atoms with Crippen molar-refractivity contribution >= 4 is 69.9 Å². The molecule has 0 bridgehead atoms. The number of carbonyl (C=O) groups is 1. The summed E-state index contributed by atoms with van der Waals surface area (Å²) in [5.74, 6) is -0.938. The average Bonchev–Trinajstić information content (AvgIpc) is 1.35. The van der Waals surface area contributed by atoms with E-state index in [1.54, 1.807) is 0 Å². The molecule has 1 N–H and O–H groups in total. The predicted octanol–water partition coefficient (Wildman–Crippen LogP) is 2.22. The first-order valence-corrected chi connectivity index (χ1v) is 2.18. The maximum absolute atomic E-state index is 9.48. The van der Waals surface area contributed by atoms with Gasteiger partial charge < -0.3 is 5.11 Å². The lowest BCUT2D eigenvalue weighted by Crippen LogP contribution is -1.83. The van der Waals surface area contributed by atoms with Crippen LogP contribution in [0, 0.1) is 0 Å². The van der Waals surface area contributed by atoms with Gasteiger partial charge in [0, 0.05) is 6.08 Å². The van der Waals surface area contributed by atoms with E-state index in [4.69, 9.17) is 5.11 Å². The fourth-order valence-corrected chi connectivity index (χ4v) is 0.280. The van der Waals surface area contributed by atoms with Crippen LogP contribution in [0.4, 0.5) is 0 Å². The standard InChI is InChI=1S/C3H3BrO2.2HI/c4-2-1-3(5)6;;/h1-2H,(H,5,6);2*1H. The highest BCUT2D eigenvalue weighted by atomic mass is 127. The number of hydrogen-bond acceptors (Lipinski definition) is 1. The molecule has 0 heterocycles. The third-order valence-electron chi connectivity index (χ3n) is 0.206. The molecule has 5 heteroatoms. The SMILES string of the molecule is I.I.O=C(O)C=CBr. The summed E-state index contributed by atoms with van der Waals surface area (Å²) in [6.07, 6.45) is 1.00. The van der Waals surface area contributed by atoms with Gasteiger partial charge in [0.15, 0.2) is 0 Å². The Morgan fingerprint density at radius 3 is 1.88 bits per heavy atom. The lowest BCUT2D eigenvalue weighted by molar-refractivity contribution is -0.131. The zero-order valence-electron chi connectivity index (χ0n) is 3.70. The molecule has 0 fully saturated rings. The Morgan fingerprint density at radius 1 is 1.50 bits per heavy atom. The van der Waals surface area contributed by atoms with E-state index >= 15 is 0 Å². The van der Waals surface area contributed by atoms with Crippen LogP contribution in [0.25, 0.3) is 0 Å². The van der Waals surface area contributed by atoms with E-state index < -0.39 is 5.97 Å². The summed E-state index contributed by atoms with van der Waals surface area (Å²) in [5.41, 5.74) is 0. The lowest BCUT2D eigenvalue weighted by atomic mass is 10.7. The number of carboxylic acid groups (broad SMARTS) is 1. The summed E-state index contributed by atoms with van der Waals surface area (Å²) >= 11 is 2.79. The Hall–Kier alpha value is 1.15. The highest BCUT2D eigenvalue weighted by molar-refractivity contribution is 14.0. The van der Waals surface area contributed by atoms with Crippen molar-refractivity contribution in [2.24, 2.45) is 0 Å². The smallest absolute Gasteiger partial charge is 0.328 e. The molecule has 2 nitrogen and oxygen atoms in total. The van der Waals surface area contributed by atoms with Gasteiger partial charge in [0.25, 0.3) is 0 Å². The van der Waals surface area contributed by atoms with Crippen molar-refractivity contribution in [3.05, 3.63) is 11.1 Å². The molecular formula is C3H5BrI2O2. The van der Waals surface area contributed by atoms with Gasteiger partial charge in [-0.15, -0.1) is 48.0 Å². The van der Waals surface area contributed by atoms with Crippen LogP contribution in [0.15, 0.2) is 11.1 Å². The highest BCUT2D eigenvalue weighted by Gasteiger charge is 1.77. The second kappa shape index (κ2) is 11.0. The summed E-state index contributed by atoms with van der Waals surface area (Å²) in [6, 6.07) is 0. The van der Waals surface area contributed by atoms with Crippen molar-refractivity contribution in [3.8, 4) is 0 Å². The molecule has 0 spiro atoms. The first-order chi connectivity index (χ1) is 2.77. The van der Waals surface area contributed by atoms with Crippen LogP contribution < -0.4 is 0 Å². The van der Waals surface area contributed by atoms with Crippen molar-refractivity contribution in [3.63, 3.8) is 0 Å². The van der Waals surface area contributed by atoms with Gasteiger partial charge in [-0.2, -0.15) is 0 Å². The van der Waals surface area contributed by atoms with Crippen molar-refractivity contribution in [2.75, 3.05) is 0 Å². The number of hydrogen-bond donors (Lipinski definition) is 1. The van der Waals surface area contributed by atoms with Crippen LogP contribution in [0.2, 0.25) is 0 Å². The Labute approximate surface area is 89.9 Å². The zero-order valence-corrected chi connectivity index (χ0v) is 9.95. The van der Waals surface area contributed by atoms with Crippen LogP contribution in [0.1, 0.15) is 0 Å². The van der Waals surface area contributed by atoms with Crippen molar-refractivity contribution < 1.29 is 9.90 Å². The van der Waals surface area contributed by atoms with Gasteiger partial charge in [-0.05, 0) is 4.99 Å². The lowest BCUT2D eigenvalue weighted by Gasteiger charge is -1.67. The van der Waals surface area contributed by atoms with Crippen molar-refractivity contribution in [1.82, 2.24) is 0 Å². The first kappa shape index (κ1) is 16.1. The van der Waals surface area contributed by atoms with E-state index in [0.29, 0.717) is 0 Å². The van der Waals surface area contributed by atoms with E-state index in [-0.39, 0.29) is 48.0 Å². The number of carboxylic acids is 1. The van der Waals surface area contributed by atoms with Crippen molar-refractivity contribution in [2.45, 2.75) is 0 Å². The molecule has 0 amide bonds. The van der Waals surface area contributed by atoms with Gasteiger partial charge in [-0.1, -0.05) is 15.9 Å². The molecule has 0 unspecified atom stereocenters. The molecule has 8 heavy (non-hydrogen) atoms. The third-order valence-corrected chi connectivity index (χ3v) is 0.470. The Bertz CT molecular complexity index is 83.4. The maximum Gasteiger partial charge on any atom is 0.328 e. The fourth-order valence-electron chi connectivity index (χ4n) is 0.0539. The minimum absolute atomic E-state index is 0. The molecule has 0 aromatic heterocycles. The van der Waals surface area contributed by atoms with E-state index in [9.17, 15) is 4.79 Å². The maximum atomic E-state index is 9.48. The molecule has 0 rings (SSSR count). The zero-order chi connectivity index (χ0) is 4.99. The summed E-state index contributed by atoms with van der Waals surface area (Å²) in [7, 11) is 0. The molecule has 0 saturated carbocycles. The topological polar surface area (TPSA) is 37.3 Å². The Morgan fingerprint density at radius 2 is 1.88 bits per heavy atom. The molecule has 0 aliphatic carbocycles. The van der Waals surface area contributed by atoms with Gasteiger partial charge >= 0.3 is 5.97 Å². The van der Waals surface area contributed by atoms with Gasteiger partial charge in [0.2, 0.25) is 0 Å². The predicted molar refractivity (Wildman–Crippen MR) is 56.5 cm³/mol. The minimum Gasteiger partial charge on any atom is -0.478 e. The number of rotatable bonds is 1. The van der Waals surface area contributed by atoms with E-state index in [1.807, 2.05) is 0 Å². The first-order valence-electron chi connectivity index (χ1n) is 1.27. The van der Waals surface area contributed by atoms with E-state index in [0.717, 1.165) is 6.08 Å². The summed E-state index contributed by atoms with van der Waals surface area (Å²) < 4.78 is 0. The molecule has 0 aromatic carbocycles. The summed E-state index contributed by atoms with van der Waals surface area (Å²) in [4.78, 5) is 10.8. The quantitative estimate of drug-likeness (QED) is 0.535. The molecule has 0 aromatic rings.